The molecule has 1 aliphatic rings. The van der Waals surface area contributed by atoms with E-state index in [2.05, 4.69) is 10.5 Å². The minimum absolute atomic E-state index is 0.0911. The molecule has 0 saturated heterocycles. The number of rotatable bonds is 6. The topological polar surface area (TPSA) is 70.9 Å². The molecule has 7 heteroatoms. The van der Waals surface area contributed by atoms with Crippen LogP contribution in [0.25, 0.3) is 0 Å². The van der Waals surface area contributed by atoms with Crippen LogP contribution in [0, 0.1) is 11.7 Å². The van der Waals surface area contributed by atoms with Crippen molar-refractivity contribution in [1.29, 1.82) is 0 Å². The first-order chi connectivity index (χ1) is 10.5. The van der Waals surface area contributed by atoms with E-state index in [0.717, 1.165) is 0 Å². The fourth-order valence-corrected chi connectivity index (χ4v) is 2.44. The van der Waals surface area contributed by atoms with Gasteiger partial charge in [-0.3, -0.25) is 4.79 Å². The lowest BCUT2D eigenvalue weighted by atomic mass is 9.94. The quantitative estimate of drug-likeness (QED) is 0.788. The molecular weight excluding hydrogens is 311 g/mol. The van der Waals surface area contributed by atoms with Crippen molar-refractivity contribution in [3.63, 3.8) is 0 Å². The van der Waals surface area contributed by atoms with Crippen molar-refractivity contribution in [1.82, 2.24) is 5.43 Å². The van der Waals surface area contributed by atoms with Gasteiger partial charge in [-0.25, -0.2) is 9.82 Å². The van der Waals surface area contributed by atoms with Gasteiger partial charge in [0.1, 0.15) is 10.8 Å². The van der Waals surface area contributed by atoms with Crippen LogP contribution >= 0.6 is 11.6 Å². The maximum absolute atomic E-state index is 14.4. The van der Waals surface area contributed by atoms with Gasteiger partial charge in [0.15, 0.2) is 5.82 Å². The summed E-state index contributed by atoms with van der Waals surface area (Å²) < 4.78 is 19.9. The van der Waals surface area contributed by atoms with Crippen molar-refractivity contribution in [2.45, 2.75) is 26.2 Å². The van der Waals surface area contributed by atoms with E-state index in [0.29, 0.717) is 25.2 Å². The molecule has 1 heterocycles. The number of aliphatic hydroxyl groups is 1. The molecule has 0 bridgehead atoms. The monoisotopic (exact) mass is 328 g/mol. The molecule has 0 saturated carbocycles. The summed E-state index contributed by atoms with van der Waals surface area (Å²) in [6, 6.07) is 3.14. The van der Waals surface area contributed by atoms with Crippen molar-refractivity contribution >= 4 is 23.2 Å². The summed E-state index contributed by atoms with van der Waals surface area (Å²) in [6.07, 6.45) is 1.54. The average Bonchev–Trinajstić information content (AvgIpc) is 2.49. The Labute approximate surface area is 133 Å². The lowest BCUT2D eigenvalue weighted by molar-refractivity contribution is -0.121. The number of carbonyl (C=O) groups is 1. The van der Waals surface area contributed by atoms with Crippen LogP contribution < -0.4 is 10.2 Å². The fraction of sp³-hybridized carbons (Fsp3) is 0.467. The maximum atomic E-state index is 14.4. The Hall–Kier alpha value is -1.66. The van der Waals surface area contributed by atoms with Gasteiger partial charge in [0.25, 0.3) is 0 Å². The molecule has 1 aliphatic heterocycles. The smallest absolute Gasteiger partial charge is 0.240 e. The Kier molecular flexibility index (Phi) is 5.74. The Balaban J connectivity index is 2.18. The lowest BCUT2D eigenvalue weighted by Crippen LogP contribution is -2.32. The predicted octanol–water partition coefficient (Wildman–Crippen LogP) is 2.49. The molecule has 1 aromatic carbocycles. The number of benzene rings is 1. The molecule has 22 heavy (non-hydrogen) atoms. The van der Waals surface area contributed by atoms with Crippen molar-refractivity contribution in [3.8, 4) is 5.75 Å². The molecule has 1 atom stereocenters. The van der Waals surface area contributed by atoms with Crippen LogP contribution in [0.4, 0.5) is 4.39 Å². The first-order valence-electron chi connectivity index (χ1n) is 7.13. The van der Waals surface area contributed by atoms with Crippen LogP contribution in [0.3, 0.4) is 0 Å². The summed E-state index contributed by atoms with van der Waals surface area (Å²) in [4.78, 5) is 11.3. The number of hydrazone groups is 1. The summed E-state index contributed by atoms with van der Waals surface area (Å²) in [5.41, 5.74) is 3.08. The molecule has 2 rings (SSSR count). The van der Waals surface area contributed by atoms with Gasteiger partial charge in [0.2, 0.25) is 5.91 Å². The van der Waals surface area contributed by atoms with Crippen LogP contribution in [0.2, 0.25) is 5.02 Å². The Morgan fingerprint density at radius 3 is 2.95 bits per heavy atom. The van der Waals surface area contributed by atoms with Gasteiger partial charge in [-0.1, -0.05) is 18.5 Å². The number of hydrogen-bond acceptors (Lipinski definition) is 4. The lowest BCUT2D eigenvalue weighted by Gasteiger charge is -2.20. The third kappa shape index (κ3) is 3.75. The molecule has 5 nitrogen and oxygen atoms in total. The first-order valence-corrected chi connectivity index (χ1v) is 7.50. The number of nitrogens with one attached hydrogen (secondary N) is 1. The maximum Gasteiger partial charge on any atom is 0.240 e. The van der Waals surface area contributed by atoms with E-state index < -0.39 is 5.82 Å². The summed E-state index contributed by atoms with van der Waals surface area (Å²) in [5, 5.41) is 12.5. The molecule has 0 aliphatic carbocycles. The molecule has 1 unspecified atom stereocenters. The highest BCUT2D eigenvalue weighted by Crippen LogP contribution is 2.31. The summed E-state index contributed by atoms with van der Waals surface area (Å²) in [6.45, 7) is 2.25. The van der Waals surface area contributed by atoms with Gasteiger partial charge < -0.3 is 9.84 Å². The van der Waals surface area contributed by atoms with Crippen LogP contribution in [-0.2, 0) is 4.79 Å². The first kappa shape index (κ1) is 16.7. The second-order valence-electron chi connectivity index (χ2n) is 5.16. The molecule has 0 fully saturated rings. The van der Waals surface area contributed by atoms with Crippen LogP contribution in [0.5, 0.6) is 5.75 Å². The zero-order valence-electron chi connectivity index (χ0n) is 12.2. The zero-order valence-corrected chi connectivity index (χ0v) is 13.0. The second-order valence-corrected chi connectivity index (χ2v) is 5.53. The van der Waals surface area contributed by atoms with E-state index in [1.807, 2.05) is 6.92 Å². The number of unbranched alkanes of at least 4 members (excludes halogenated alkanes) is 1. The number of nitrogens with zero attached hydrogens (tertiary/aromatic N) is 1. The molecule has 1 aromatic rings. The Bertz CT molecular complexity index is 592. The molecule has 120 valence electrons. The Morgan fingerprint density at radius 2 is 2.27 bits per heavy atom. The number of amides is 1. The summed E-state index contributed by atoms with van der Waals surface area (Å²) in [7, 11) is 0. The average molecular weight is 329 g/mol. The van der Waals surface area contributed by atoms with Gasteiger partial charge in [0.05, 0.1) is 12.3 Å². The summed E-state index contributed by atoms with van der Waals surface area (Å²) in [5.74, 6) is -0.723. The van der Waals surface area contributed by atoms with E-state index in [1.165, 1.54) is 0 Å². The van der Waals surface area contributed by atoms with E-state index >= 15 is 0 Å². The van der Waals surface area contributed by atoms with Gasteiger partial charge in [-0.05, 0) is 25.0 Å². The normalized spacial score (nSPS) is 17.9. The fourth-order valence-electron chi connectivity index (χ4n) is 2.22. The highest BCUT2D eigenvalue weighted by molar-refractivity contribution is 6.32. The number of hydrogen-bond donors (Lipinski definition) is 2. The predicted molar refractivity (Wildman–Crippen MR) is 81.7 cm³/mol. The summed E-state index contributed by atoms with van der Waals surface area (Å²) >= 11 is 6.02. The third-order valence-electron chi connectivity index (χ3n) is 3.39. The van der Waals surface area contributed by atoms with E-state index in [4.69, 9.17) is 21.4 Å². The van der Waals surface area contributed by atoms with E-state index in [-0.39, 0.29) is 41.2 Å². The third-order valence-corrected chi connectivity index (χ3v) is 3.74. The van der Waals surface area contributed by atoms with Crippen molar-refractivity contribution < 1.29 is 19.0 Å². The molecule has 0 radical (unpaired) electrons. The minimum Gasteiger partial charge on any atom is -0.492 e. The molecule has 0 spiro atoms. The van der Waals surface area contributed by atoms with Gasteiger partial charge in [0, 0.05) is 24.5 Å². The SMILES string of the molecule is CC1CC(=O)NN=C1c1ccc(OCCCCO)c(Cl)c1F. The highest BCUT2D eigenvalue weighted by Gasteiger charge is 2.25. The largest absolute Gasteiger partial charge is 0.492 e. The van der Waals surface area contributed by atoms with Crippen molar-refractivity contribution in [3.05, 3.63) is 28.5 Å². The van der Waals surface area contributed by atoms with Crippen molar-refractivity contribution in [2.75, 3.05) is 13.2 Å². The molecule has 1 amide bonds. The number of halogens is 2. The highest BCUT2D eigenvalue weighted by atomic mass is 35.5. The number of carbonyl (C=O) groups excluding carboxylic acids is 1. The van der Waals surface area contributed by atoms with Gasteiger partial charge >= 0.3 is 0 Å². The van der Waals surface area contributed by atoms with Gasteiger partial charge in [-0.2, -0.15) is 5.10 Å². The Morgan fingerprint density at radius 1 is 1.50 bits per heavy atom. The van der Waals surface area contributed by atoms with E-state index in [1.54, 1.807) is 12.1 Å². The molecule has 2 N–H and O–H groups in total. The van der Waals surface area contributed by atoms with E-state index in [9.17, 15) is 9.18 Å². The standard InChI is InChI=1S/C15H18ClFN2O3/c1-9-8-12(21)18-19-15(9)10-4-5-11(13(16)14(10)17)22-7-3-2-6-20/h4-5,9,20H,2-3,6-8H2,1H3,(H,18,21). The number of aliphatic hydroxyl groups excluding tert-OH is 1. The minimum atomic E-state index is -0.608. The molecular formula is C15H18ClFN2O3. The van der Waals surface area contributed by atoms with Gasteiger partial charge in [-0.15, -0.1) is 0 Å². The molecule has 0 aromatic heterocycles. The number of ether oxygens (including phenoxy) is 1. The second kappa shape index (κ2) is 7.56. The van der Waals surface area contributed by atoms with Crippen LogP contribution in [0.15, 0.2) is 17.2 Å². The van der Waals surface area contributed by atoms with Crippen LogP contribution in [-0.4, -0.2) is 29.9 Å². The van der Waals surface area contributed by atoms with Crippen molar-refractivity contribution in [2.24, 2.45) is 11.0 Å². The van der Waals surface area contributed by atoms with Crippen LogP contribution in [0.1, 0.15) is 31.7 Å². The zero-order chi connectivity index (χ0) is 16.1.